The molecule has 1 N–H and O–H groups in total. The molecule has 6 nitrogen and oxygen atoms in total. The predicted octanol–water partition coefficient (Wildman–Crippen LogP) is 2.66. The summed E-state index contributed by atoms with van der Waals surface area (Å²) < 4.78 is 24.1. The minimum absolute atomic E-state index is 0.0417. The van der Waals surface area contributed by atoms with Gasteiger partial charge in [-0.25, -0.2) is 13.2 Å². The number of amides is 1. The highest BCUT2D eigenvalue weighted by atomic mass is 35.5. The normalized spacial score (nSPS) is 10.9. The van der Waals surface area contributed by atoms with Gasteiger partial charge < -0.3 is 4.84 Å². The Hall–Kier alpha value is -2.09. The van der Waals surface area contributed by atoms with E-state index in [1.54, 1.807) is 17.6 Å². The zero-order valence-electron chi connectivity index (χ0n) is 12.0. The van der Waals surface area contributed by atoms with E-state index in [0.29, 0.717) is 5.02 Å². The molecule has 0 bridgehead atoms. The van der Waals surface area contributed by atoms with Crippen LogP contribution in [0, 0.1) is 0 Å². The lowest BCUT2D eigenvalue weighted by Gasteiger charge is -2.07. The van der Waals surface area contributed by atoms with Crippen LogP contribution in [-0.4, -0.2) is 26.0 Å². The van der Waals surface area contributed by atoms with Gasteiger partial charge in [-0.3, -0.25) is 4.79 Å². The second-order valence-electron chi connectivity index (χ2n) is 4.61. The largest absolute Gasteiger partial charge is 0.364 e. The first-order chi connectivity index (χ1) is 11.3. The molecule has 126 valence electrons. The number of carbonyl (C=O) groups excluding carboxylic acids is 2. The van der Waals surface area contributed by atoms with Crippen LogP contribution in [0.15, 0.2) is 53.4 Å². The first kappa shape index (κ1) is 18.3. The molecule has 24 heavy (non-hydrogen) atoms. The van der Waals surface area contributed by atoms with Gasteiger partial charge in [-0.2, -0.15) is 5.48 Å². The molecule has 1 amide bonds. The summed E-state index contributed by atoms with van der Waals surface area (Å²) in [5, 5.41) is 0.512. The first-order valence-electron chi connectivity index (χ1n) is 6.52. The molecular weight excluding hydrogens is 377 g/mol. The van der Waals surface area contributed by atoms with Crippen molar-refractivity contribution in [2.24, 2.45) is 0 Å². The molecule has 0 aliphatic rings. The number of sulfone groups is 1. The van der Waals surface area contributed by atoms with Crippen molar-refractivity contribution in [2.75, 3.05) is 5.75 Å². The summed E-state index contributed by atoms with van der Waals surface area (Å²) in [6, 6.07) is 11.4. The standard InChI is InChI=1S/C15H11Cl2NO5S/c16-10-5-7-11(8-6-10)24(21,22)9-14(19)18-23-15(20)12-3-1-2-4-13(12)17/h1-8H,9H2,(H,18,19). The summed E-state index contributed by atoms with van der Waals surface area (Å²) in [7, 11) is -3.89. The fraction of sp³-hybridized carbons (Fsp3) is 0.0667. The Morgan fingerprint density at radius 1 is 1.00 bits per heavy atom. The number of nitrogens with one attached hydrogen (secondary N) is 1. The van der Waals surface area contributed by atoms with Crippen LogP contribution in [0.3, 0.4) is 0 Å². The van der Waals surface area contributed by atoms with Crippen LogP contribution in [0.1, 0.15) is 10.4 Å². The lowest BCUT2D eigenvalue weighted by atomic mass is 10.2. The Balaban J connectivity index is 1.97. The maximum atomic E-state index is 12.1. The van der Waals surface area contributed by atoms with Gasteiger partial charge in [-0.1, -0.05) is 35.3 Å². The van der Waals surface area contributed by atoms with E-state index in [-0.39, 0.29) is 15.5 Å². The first-order valence-corrected chi connectivity index (χ1v) is 8.93. The molecule has 2 aromatic rings. The summed E-state index contributed by atoms with van der Waals surface area (Å²) in [6.45, 7) is 0. The molecule has 0 fully saturated rings. The monoisotopic (exact) mass is 387 g/mol. The van der Waals surface area contributed by atoms with Crippen molar-refractivity contribution >= 4 is 44.9 Å². The highest BCUT2D eigenvalue weighted by Gasteiger charge is 2.21. The Bertz CT molecular complexity index is 866. The number of rotatable bonds is 4. The van der Waals surface area contributed by atoms with Crippen molar-refractivity contribution in [3.8, 4) is 0 Å². The van der Waals surface area contributed by atoms with E-state index in [1.165, 1.54) is 36.4 Å². The van der Waals surface area contributed by atoms with Crippen LogP contribution < -0.4 is 5.48 Å². The second-order valence-corrected chi connectivity index (χ2v) is 7.44. The highest BCUT2D eigenvalue weighted by molar-refractivity contribution is 7.92. The number of hydrogen-bond acceptors (Lipinski definition) is 5. The van der Waals surface area contributed by atoms with E-state index >= 15 is 0 Å². The highest BCUT2D eigenvalue weighted by Crippen LogP contribution is 2.16. The van der Waals surface area contributed by atoms with Crippen molar-refractivity contribution in [1.82, 2.24) is 5.48 Å². The molecule has 2 rings (SSSR count). The van der Waals surface area contributed by atoms with Crippen molar-refractivity contribution in [3.63, 3.8) is 0 Å². The third-order valence-electron chi connectivity index (χ3n) is 2.85. The number of benzene rings is 2. The SMILES string of the molecule is O=C(CS(=O)(=O)c1ccc(Cl)cc1)NOC(=O)c1ccccc1Cl. The molecule has 2 aromatic carbocycles. The van der Waals surface area contributed by atoms with Crippen molar-refractivity contribution in [2.45, 2.75) is 4.90 Å². The zero-order chi connectivity index (χ0) is 17.7. The molecule has 0 radical (unpaired) electrons. The van der Waals surface area contributed by atoms with Crippen molar-refractivity contribution in [1.29, 1.82) is 0 Å². The fourth-order valence-electron chi connectivity index (χ4n) is 1.71. The van der Waals surface area contributed by atoms with E-state index in [2.05, 4.69) is 4.84 Å². The Kier molecular flexibility index (Phi) is 5.82. The number of carbonyl (C=O) groups is 2. The smallest absolute Gasteiger partial charge is 0.335 e. The molecular formula is C15H11Cl2NO5S. The molecule has 0 unspecified atom stereocenters. The number of hydroxylamine groups is 1. The summed E-state index contributed by atoms with van der Waals surface area (Å²) >= 11 is 11.5. The second kappa shape index (κ2) is 7.65. The third kappa shape index (κ3) is 4.70. The molecule has 0 aliphatic heterocycles. The molecule has 0 atom stereocenters. The van der Waals surface area contributed by atoms with Crippen LogP contribution in [0.4, 0.5) is 0 Å². The number of hydrogen-bond donors (Lipinski definition) is 1. The van der Waals surface area contributed by atoms with Gasteiger partial charge in [-0.15, -0.1) is 0 Å². The van der Waals surface area contributed by atoms with Crippen LogP contribution >= 0.6 is 23.2 Å². The molecule has 9 heteroatoms. The topological polar surface area (TPSA) is 89.5 Å². The lowest BCUT2D eigenvalue weighted by Crippen LogP contribution is -2.32. The molecule has 0 spiro atoms. The van der Waals surface area contributed by atoms with E-state index in [0.717, 1.165) is 0 Å². The Morgan fingerprint density at radius 3 is 2.25 bits per heavy atom. The van der Waals surface area contributed by atoms with Gasteiger partial charge in [0.25, 0.3) is 5.91 Å². The fourth-order valence-corrected chi connectivity index (χ4v) is 3.17. The summed E-state index contributed by atoms with van der Waals surface area (Å²) in [4.78, 5) is 27.9. The van der Waals surface area contributed by atoms with Crippen LogP contribution in [-0.2, 0) is 19.5 Å². The third-order valence-corrected chi connectivity index (χ3v) is 5.06. The summed E-state index contributed by atoms with van der Waals surface area (Å²) in [6.07, 6.45) is 0. The summed E-state index contributed by atoms with van der Waals surface area (Å²) in [5.41, 5.74) is 1.83. The average molecular weight is 388 g/mol. The minimum atomic E-state index is -3.89. The van der Waals surface area contributed by atoms with Gasteiger partial charge in [-0.05, 0) is 36.4 Å². The minimum Gasteiger partial charge on any atom is -0.335 e. The zero-order valence-corrected chi connectivity index (χ0v) is 14.4. The van der Waals surface area contributed by atoms with Crippen molar-refractivity contribution in [3.05, 3.63) is 64.1 Å². The quantitative estimate of drug-likeness (QED) is 0.814. The van der Waals surface area contributed by atoms with Crippen LogP contribution in [0.5, 0.6) is 0 Å². The van der Waals surface area contributed by atoms with E-state index in [1.807, 2.05) is 0 Å². The molecule has 0 aromatic heterocycles. The van der Waals surface area contributed by atoms with Crippen LogP contribution in [0.2, 0.25) is 10.0 Å². The molecule has 0 heterocycles. The van der Waals surface area contributed by atoms with E-state index in [4.69, 9.17) is 23.2 Å². The van der Waals surface area contributed by atoms with Gasteiger partial charge in [0.05, 0.1) is 15.5 Å². The Morgan fingerprint density at radius 2 is 1.62 bits per heavy atom. The van der Waals surface area contributed by atoms with Gasteiger partial charge in [0.2, 0.25) is 0 Å². The maximum absolute atomic E-state index is 12.1. The van der Waals surface area contributed by atoms with Gasteiger partial charge >= 0.3 is 5.97 Å². The Labute approximate surface area is 148 Å². The maximum Gasteiger partial charge on any atom is 0.364 e. The average Bonchev–Trinajstić information content (AvgIpc) is 2.53. The van der Waals surface area contributed by atoms with Gasteiger partial charge in [0.1, 0.15) is 5.75 Å². The van der Waals surface area contributed by atoms with E-state index < -0.39 is 27.5 Å². The molecule has 0 aliphatic carbocycles. The lowest BCUT2D eigenvalue weighted by molar-refractivity contribution is -0.127. The summed E-state index contributed by atoms with van der Waals surface area (Å²) in [5.74, 6) is -2.78. The predicted molar refractivity (Wildman–Crippen MR) is 88.5 cm³/mol. The van der Waals surface area contributed by atoms with Gasteiger partial charge in [0, 0.05) is 5.02 Å². The van der Waals surface area contributed by atoms with Crippen LogP contribution in [0.25, 0.3) is 0 Å². The molecule has 0 saturated heterocycles. The van der Waals surface area contributed by atoms with Crippen molar-refractivity contribution < 1.29 is 22.8 Å². The van der Waals surface area contributed by atoms with Gasteiger partial charge in [0.15, 0.2) is 9.84 Å². The number of halogens is 2. The van der Waals surface area contributed by atoms with E-state index in [9.17, 15) is 18.0 Å². The molecule has 0 saturated carbocycles.